The lowest BCUT2D eigenvalue weighted by atomic mass is 9.68. The maximum atomic E-state index is 13.7. The number of nitrogens with zero attached hydrogens (tertiary/aromatic N) is 1. The van der Waals surface area contributed by atoms with E-state index in [0.29, 0.717) is 49.4 Å². The van der Waals surface area contributed by atoms with Crippen molar-refractivity contribution in [1.82, 2.24) is 4.72 Å². The summed E-state index contributed by atoms with van der Waals surface area (Å²) in [7, 11) is -3.14. The highest BCUT2D eigenvalue weighted by molar-refractivity contribution is 7.90. The number of anilines is 1. The number of benzene rings is 2. The summed E-state index contributed by atoms with van der Waals surface area (Å²) >= 11 is 6.40. The first-order valence-corrected chi connectivity index (χ1v) is 18.9. The minimum atomic E-state index is -4.76. The van der Waals surface area contributed by atoms with E-state index in [2.05, 4.69) is 11.0 Å². The highest BCUT2D eigenvalue weighted by Crippen LogP contribution is 2.47. The zero-order valence-electron chi connectivity index (χ0n) is 27.8. The van der Waals surface area contributed by atoms with Gasteiger partial charge in [0.2, 0.25) is 10.0 Å². The van der Waals surface area contributed by atoms with Crippen molar-refractivity contribution in [2.75, 3.05) is 44.9 Å². The third-order valence-corrected chi connectivity index (χ3v) is 12.9. The van der Waals surface area contributed by atoms with E-state index in [-0.39, 0.29) is 35.3 Å². The number of ether oxygens (including phenoxy) is 3. The number of amides is 1. The summed E-state index contributed by atoms with van der Waals surface area (Å²) in [5.74, 6) is -1.01. The SMILES string of the molecule is COCCO[C@H]1/C=C\C[C@H](C)[C@H](CC(F)(F)F)S(=O)(=O)NC(=O)c2ccc3c(c2)N(C[C@@H]2CC[C@H]21)C[C@@]1(CCCc2cc(Cl)ccc21)CO3. The van der Waals surface area contributed by atoms with Gasteiger partial charge in [-0.1, -0.05) is 36.7 Å². The number of rotatable bonds is 5. The van der Waals surface area contributed by atoms with Crippen LogP contribution in [0.4, 0.5) is 18.9 Å². The van der Waals surface area contributed by atoms with Gasteiger partial charge in [-0.25, -0.2) is 13.1 Å². The number of allylic oxidation sites excluding steroid dienone is 1. The quantitative estimate of drug-likeness (QED) is 0.267. The second kappa shape index (κ2) is 14.4. The lowest BCUT2D eigenvalue weighted by Crippen LogP contribution is -2.49. The van der Waals surface area contributed by atoms with E-state index in [0.717, 1.165) is 32.1 Å². The van der Waals surface area contributed by atoms with Crippen LogP contribution in [0.1, 0.15) is 66.9 Å². The summed E-state index contributed by atoms with van der Waals surface area (Å²) in [5.41, 5.74) is 2.69. The molecule has 8 nitrogen and oxygen atoms in total. The topological polar surface area (TPSA) is 94.2 Å². The second-order valence-electron chi connectivity index (χ2n) is 14.1. The molecule has 1 spiro atoms. The van der Waals surface area contributed by atoms with Crippen molar-refractivity contribution < 1.29 is 40.6 Å². The first-order valence-electron chi connectivity index (χ1n) is 17.0. The van der Waals surface area contributed by atoms with Crippen LogP contribution in [0.25, 0.3) is 0 Å². The second-order valence-corrected chi connectivity index (χ2v) is 16.4. The van der Waals surface area contributed by atoms with Crippen molar-refractivity contribution in [3.63, 3.8) is 0 Å². The minimum Gasteiger partial charge on any atom is -0.490 e. The summed E-state index contributed by atoms with van der Waals surface area (Å²) in [6.45, 7) is 3.84. The molecule has 2 heterocycles. The molecule has 0 aromatic heterocycles. The molecule has 6 atom stereocenters. The van der Waals surface area contributed by atoms with Crippen LogP contribution in [0.3, 0.4) is 0 Å². The summed E-state index contributed by atoms with van der Waals surface area (Å²) in [6.07, 6.45) is 1.60. The van der Waals surface area contributed by atoms with Crippen LogP contribution in [0, 0.1) is 17.8 Å². The highest BCUT2D eigenvalue weighted by atomic mass is 35.5. The number of aryl methyl sites for hydroxylation is 1. The first-order chi connectivity index (χ1) is 23.3. The van der Waals surface area contributed by atoms with E-state index in [1.165, 1.54) is 24.1 Å². The molecule has 4 aliphatic rings. The maximum Gasteiger partial charge on any atom is 0.390 e. The molecule has 0 unspecified atom stereocenters. The summed E-state index contributed by atoms with van der Waals surface area (Å²) < 4.78 is 88.2. The largest absolute Gasteiger partial charge is 0.490 e. The van der Waals surface area contributed by atoms with Gasteiger partial charge in [0.25, 0.3) is 5.91 Å². The van der Waals surface area contributed by atoms with Gasteiger partial charge >= 0.3 is 6.18 Å². The Hall–Kier alpha value is -2.80. The number of methoxy groups -OCH3 is 1. The molecule has 0 saturated heterocycles. The van der Waals surface area contributed by atoms with E-state index in [9.17, 15) is 26.4 Å². The Morgan fingerprint density at radius 3 is 2.69 bits per heavy atom. The highest BCUT2D eigenvalue weighted by Gasteiger charge is 2.45. The molecule has 1 fully saturated rings. The molecule has 0 radical (unpaired) electrons. The van der Waals surface area contributed by atoms with Gasteiger partial charge < -0.3 is 19.1 Å². The molecule has 2 bridgehead atoms. The van der Waals surface area contributed by atoms with Gasteiger partial charge in [-0.2, -0.15) is 13.2 Å². The number of carbonyl (C=O) groups is 1. The fraction of sp³-hybridized carbons (Fsp3) is 0.583. The van der Waals surface area contributed by atoms with Crippen molar-refractivity contribution in [3.8, 4) is 5.75 Å². The number of hydrogen-bond acceptors (Lipinski definition) is 7. The Labute approximate surface area is 291 Å². The van der Waals surface area contributed by atoms with Gasteiger partial charge in [0.15, 0.2) is 0 Å². The normalized spacial score (nSPS) is 30.6. The molecule has 1 amide bonds. The molecule has 2 aromatic rings. The standard InChI is InChI=1S/C36H44ClF3N2O6S/c1-23-5-3-7-31(47-16-15-46-2)28-11-8-26(28)20-42-21-35(14-4-6-24-17-27(37)10-12-29(24)35)22-48-32-13-9-25(18-30(32)42)34(43)41-49(44,45)33(23)19-36(38,39)40/h3,7,9-10,12-13,17-18,23,26,28,31,33H,4-6,8,11,14-16,19-22H2,1-2H3,(H,41,43)/b7-3-/t23-,26-,28+,31-,33-,35-/m0/s1. The third-order valence-electron chi connectivity index (χ3n) is 10.8. The van der Waals surface area contributed by atoms with Gasteiger partial charge in [-0.15, -0.1) is 0 Å². The Balaban J connectivity index is 1.42. The zero-order chi connectivity index (χ0) is 35.0. The van der Waals surface area contributed by atoms with Gasteiger partial charge in [0.05, 0.1) is 43.3 Å². The Bertz CT molecular complexity index is 1670. The third kappa shape index (κ3) is 7.92. The molecule has 6 rings (SSSR count). The number of halogens is 4. The van der Waals surface area contributed by atoms with E-state index < -0.39 is 39.7 Å². The molecule has 13 heteroatoms. The molecule has 1 saturated carbocycles. The van der Waals surface area contributed by atoms with Crippen LogP contribution in [0.2, 0.25) is 5.02 Å². The Morgan fingerprint density at radius 2 is 1.96 bits per heavy atom. The predicted molar refractivity (Wildman–Crippen MR) is 182 cm³/mol. The minimum absolute atomic E-state index is 0.0269. The van der Waals surface area contributed by atoms with Gasteiger partial charge in [0.1, 0.15) is 5.75 Å². The molecule has 1 N–H and O–H groups in total. The van der Waals surface area contributed by atoms with Crippen LogP contribution in [0.15, 0.2) is 48.6 Å². The Kier molecular flexibility index (Phi) is 10.6. The summed E-state index contributed by atoms with van der Waals surface area (Å²) in [6, 6.07) is 10.8. The average Bonchev–Trinajstić information content (AvgIpc) is 3.17. The van der Waals surface area contributed by atoms with Crippen LogP contribution in [-0.2, 0) is 31.3 Å². The van der Waals surface area contributed by atoms with Crippen molar-refractivity contribution in [2.24, 2.45) is 17.8 Å². The number of hydrogen-bond donors (Lipinski definition) is 1. The van der Waals surface area contributed by atoms with E-state index >= 15 is 0 Å². The van der Waals surface area contributed by atoms with Crippen molar-refractivity contribution in [1.29, 1.82) is 0 Å². The first kappa shape index (κ1) is 36.0. The van der Waals surface area contributed by atoms with Crippen LogP contribution in [-0.4, -0.2) is 71.9 Å². The molecule has 2 aromatic carbocycles. The maximum absolute atomic E-state index is 13.7. The van der Waals surface area contributed by atoms with Gasteiger partial charge in [0, 0.05) is 36.2 Å². The molecular formula is C36H44ClF3N2O6S. The molecule has 268 valence electrons. The number of alkyl halides is 3. The van der Waals surface area contributed by atoms with Crippen LogP contribution < -0.4 is 14.4 Å². The van der Waals surface area contributed by atoms with E-state index in [4.69, 9.17) is 25.8 Å². The van der Waals surface area contributed by atoms with Gasteiger partial charge in [-0.05, 0) is 97.7 Å². The van der Waals surface area contributed by atoms with Crippen LogP contribution in [0.5, 0.6) is 5.75 Å². The van der Waals surface area contributed by atoms with E-state index in [1.54, 1.807) is 25.3 Å². The Morgan fingerprint density at radius 1 is 1.14 bits per heavy atom. The summed E-state index contributed by atoms with van der Waals surface area (Å²) in [4.78, 5) is 15.8. The molecule has 2 aliphatic carbocycles. The van der Waals surface area contributed by atoms with Crippen molar-refractivity contribution in [3.05, 3.63) is 70.3 Å². The molecule has 49 heavy (non-hydrogen) atoms. The zero-order valence-corrected chi connectivity index (χ0v) is 29.4. The predicted octanol–water partition coefficient (Wildman–Crippen LogP) is 6.85. The summed E-state index contributed by atoms with van der Waals surface area (Å²) in [5, 5.41) is -1.19. The van der Waals surface area contributed by atoms with Gasteiger partial charge in [-0.3, -0.25) is 4.79 Å². The lowest BCUT2D eigenvalue weighted by Gasteiger charge is -2.46. The molecule has 2 aliphatic heterocycles. The fourth-order valence-corrected chi connectivity index (χ4v) is 9.92. The molecular weight excluding hydrogens is 681 g/mol. The van der Waals surface area contributed by atoms with Crippen molar-refractivity contribution in [2.45, 2.75) is 74.8 Å². The van der Waals surface area contributed by atoms with Crippen molar-refractivity contribution >= 4 is 33.2 Å². The fourth-order valence-electron chi connectivity index (χ4n) is 8.07. The lowest BCUT2D eigenvalue weighted by molar-refractivity contribution is -0.136. The number of carbonyl (C=O) groups excluding carboxylic acids is 1. The smallest absolute Gasteiger partial charge is 0.390 e. The monoisotopic (exact) mass is 724 g/mol. The number of sulfonamides is 1. The number of fused-ring (bicyclic) bond motifs is 4. The average molecular weight is 725 g/mol. The van der Waals surface area contributed by atoms with Crippen LogP contribution >= 0.6 is 11.6 Å². The van der Waals surface area contributed by atoms with E-state index in [1.807, 2.05) is 22.9 Å². The number of nitrogens with one attached hydrogen (secondary N) is 1.